The van der Waals surface area contributed by atoms with Crippen molar-refractivity contribution in [3.63, 3.8) is 0 Å². The molecule has 2 aliphatic rings. The highest BCUT2D eigenvalue weighted by molar-refractivity contribution is 7.88. The van der Waals surface area contributed by atoms with Gasteiger partial charge in [-0.1, -0.05) is 29.8 Å². The van der Waals surface area contributed by atoms with Crippen LogP contribution in [0, 0.1) is 5.92 Å². The van der Waals surface area contributed by atoms with Gasteiger partial charge in [-0.15, -0.1) is 0 Å². The van der Waals surface area contributed by atoms with Gasteiger partial charge in [0.1, 0.15) is 0 Å². The van der Waals surface area contributed by atoms with Crippen LogP contribution in [0.1, 0.15) is 24.0 Å². The predicted molar refractivity (Wildman–Crippen MR) is 113 cm³/mol. The molecule has 1 saturated heterocycles. The van der Waals surface area contributed by atoms with Crippen LogP contribution in [0.2, 0.25) is 5.02 Å². The number of halogens is 1. The topological polar surface area (TPSA) is 84.9 Å². The molecule has 1 atom stereocenters. The molecule has 30 heavy (non-hydrogen) atoms. The zero-order valence-corrected chi connectivity index (χ0v) is 17.9. The van der Waals surface area contributed by atoms with Crippen LogP contribution in [-0.2, 0) is 27.1 Å². The maximum Gasteiger partial charge on any atom is 0.231 e. The number of rotatable bonds is 6. The normalized spacial score (nSPS) is 18.9. The van der Waals surface area contributed by atoms with Gasteiger partial charge >= 0.3 is 0 Å². The number of nitrogens with one attached hydrogen (secondary N) is 1. The molecule has 2 aliphatic heterocycles. The smallest absolute Gasteiger partial charge is 0.231 e. The van der Waals surface area contributed by atoms with Gasteiger partial charge in [-0.25, -0.2) is 12.7 Å². The molecule has 0 aromatic heterocycles. The molecule has 1 amide bonds. The first-order valence-corrected chi connectivity index (χ1v) is 11.8. The maximum absolute atomic E-state index is 12.8. The van der Waals surface area contributed by atoms with E-state index in [0.29, 0.717) is 48.0 Å². The van der Waals surface area contributed by atoms with Gasteiger partial charge in [0.2, 0.25) is 22.7 Å². The van der Waals surface area contributed by atoms with Crippen molar-refractivity contribution < 1.29 is 22.7 Å². The van der Waals surface area contributed by atoms with E-state index in [4.69, 9.17) is 21.1 Å². The number of nitrogens with zero attached hydrogens (tertiary/aromatic N) is 1. The van der Waals surface area contributed by atoms with Gasteiger partial charge in [-0.05, 0) is 48.2 Å². The Morgan fingerprint density at radius 1 is 1.10 bits per heavy atom. The lowest BCUT2D eigenvalue weighted by Gasteiger charge is -2.31. The van der Waals surface area contributed by atoms with E-state index in [0.717, 1.165) is 5.56 Å². The Balaban J connectivity index is 1.34. The van der Waals surface area contributed by atoms with Crippen molar-refractivity contribution >= 4 is 27.5 Å². The fourth-order valence-corrected chi connectivity index (χ4v) is 5.41. The highest BCUT2D eigenvalue weighted by Gasteiger charge is 2.32. The molecule has 0 radical (unpaired) electrons. The van der Waals surface area contributed by atoms with Crippen LogP contribution in [-0.4, -0.2) is 38.5 Å². The molecule has 0 spiro atoms. The minimum atomic E-state index is -3.51. The third-order valence-electron chi connectivity index (χ3n) is 5.31. The standard InChI is InChI=1S/C21H23ClN2O5S/c22-18-6-3-15(4-7-18)13-30(26,27)24-9-1-2-17(12-24)21(25)23-11-16-5-8-19-20(10-16)29-14-28-19/h3-8,10,17H,1-2,9,11-14H2,(H,23,25). The number of amides is 1. The van der Waals surface area contributed by atoms with Crippen molar-refractivity contribution in [2.75, 3.05) is 19.9 Å². The van der Waals surface area contributed by atoms with Crippen LogP contribution in [0.25, 0.3) is 0 Å². The number of fused-ring (bicyclic) bond motifs is 1. The molecule has 1 unspecified atom stereocenters. The number of carbonyl (C=O) groups is 1. The predicted octanol–water partition coefficient (Wildman–Crippen LogP) is 2.93. The van der Waals surface area contributed by atoms with E-state index in [1.807, 2.05) is 18.2 Å². The van der Waals surface area contributed by atoms with Gasteiger partial charge in [0, 0.05) is 24.7 Å². The van der Waals surface area contributed by atoms with Crippen molar-refractivity contribution in [2.45, 2.75) is 25.1 Å². The Morgan fingerprint density at radius 2 is 1.83 bits per heavy atom. The van der Waals surface area contributed by atoms with Crippen LogP contribution in [0.4, 0.5) is 0 Å². The fraction of sp³-hybridized carbons (Fsp3) is 0.381. The van der Waals surface area contributed by atoms with Crippen LogP contribution < -0.4 is 14.8 Å². The Labute approximate surface area is 181 Å². The molecular weight excluding hydrogens is 428 g/mol. The van der Waals surface area contributed by atoms with E-state index in [1.165, 1.54) is 4.31 Å². The Hall–Kier alpha value is -2.29. The summed E-state index contributed by atoms with van der Waals surface area (Å²) in [5, 5.41) is 3.48. The number of carbonyl (C=O) groups excluding carboxylic acids is 1. The van der Waals surface area contributed by atoms with E-state index in [1.54, 1.807) is 24.3 Å². The largest absolute Gasteiger partial charge is 0.454 e. The summed E-state index contributed by atoms with van der Waals surface area (Å²) in [4.78, 5) is 12.7. The lowest BCUT2D eigenvalue weighted by molar-refractivity contribution is -0.126. The summed E-state index contributed by atoms with van der Waals surface area (Å²) in [6.07, 6.45) is 1.32. The minimum absolute atomic E-state index is 0.101. The molecule has 0 aliphatic carbocycles. The second-order valence-electron chi connectivity index (χ2n) is 7.49. The van der Waals surface area contributed by atoms with Gasteiger partial charge in [-0.3, -0.25) is 4.79 Å². The second-order valence-corrected chi connectivity index (χ2v) is 9.89. The van der Waals surface area contributed by atoms with Crippen LogP contribution in [0.15, 0.2) is 42.5 Å². The van der Waals surface area contributed by atoms with Crippen molar-refractivity contribution in [3.05, 3.63) is 58.6 Å². The molecule has 9 heteroatoms. The van der Waals surface area contributed by atoms with Crippen LogP contribution >= 0.6 is 11.6 Å². The molecule has 4 rings (SSSR count). The zero-order valence-electron chi connectivity index (χ0n) is 16.3. The Bertz CT molecular complexity index is 1030. The van der Waals surface area contributed by atoms with Crippen LogP contribution in [0.5, 0.6) is 11.5 Å². The van der Waals surface area contributed by atoms with Crippen molar-refractivity contribution in [1.29, 1.82) is 0 Å². The molecule has 7 nitrogen and oxygen atoms in total. The summed E-state index contributed by atoms with van der Waals surface area (Å²) in [5.74, 6) is 0.750. The average molecular weight is 451 g/mol. The summed E-state index contributed by atoms with van der Waals surface area (Å²) >= 11 is 5.87. The number of piperidine rings is 1. The first-order chi connectivity index (χ1) is 14.4. The van der Waals surface area contributed by atoms with Gasteiger partial charge < -0.3 is 14.8 Å². The molecule has 1 N–H and O–H groups in total. The summed E-state index contributed by atoms with van der Waals surface area (Å²) in [6.45, 7) is 1.18. The summed E-state index contributed by atoms with van der Waals surface area (Å²) in [7, 11) is -3.51. The number of hydrogen-bond acceptors (Lipinski definition) is 5. The van der Waals surface area contributed by atoms with Gasteiger partial charge in [0.05, 0.1) is 11.7 Å². The molecule has 2 aromatic carbocycles. The van der Waals surface area contributed by atoms with Crippen molar-refractivity contribution in [1.82, 2.24) is 9.62 Å². The second kappa shape index (κ2) is 8.83. The van der Waals surface area contributed by atoms with E-state index in [2.05, 4.69) is 5.32 Å². The van der Waals surface area contributed by atoms with Gasteiger partial charge in [-0.2, -0.15) is 0 Å². The summed E-state index contributed by atoms with van der Waals surface area (Å²) in [5.41, 5.74) is 1.57. The first kappa shape index (κ1) is 21.0. The average Bonchev–Trinajstić information content (AvgIpc) is 3.21. The minimum Gasteiger partial charge on any atom is -0.454 e. The molecule has 0 saturated carbocycles. The van der Waals surface area contributed by atoms with Crippen molar-refractivity contribution in [3.8, 4) is 11.5 Å². The lowest BCUT2D eigenvalue weighted by Crippen LogP contribution is -2.45. The van der Waals surface area contributed by atoms with E-state index >= 15 is 0 Å². The number of sulfonamides is 1. The number of ether oxygens (including phenoxy) is 2. The number of benzene rings is 2. The zero-order chi connectivity index (χ0) is 21.1. The first-order valence-electron chi connectivity index (χ1n) is 9.79. The maximum atomic E-state index is 12.8. The third kappa shape index (κ3) is 4.88. The Kier molecular flexibility index (Phi) is 6.17. The molecule has 1 fully saturated rings. The molecule has 0 bridgehead atoms. The molecule has 160 valence electrons. The number of hydrogen-bond donors (Lipinski definition) is 1. The van der Waals surface area contributed by atoms with E-state index < -0.39 is 10.0 Å². The van der Waals surface area contributed by atoms with Gasteiger partial charge in [0.15, 0.2) is 11.5 Å². The SMILES string of the molecule is O=C(NCc1ccc2c(c1)OCO2)C1CCCN(S(=O)(=O)Cc2ccc(Cl)cc2)C1. The van der Waals surface area contributed by atoms with E-state index in [-0.39, 0.29) is 30.9 Å². The summed E-state index contributed by atoms with van der Waals surface area (Å²) < 4.78 is 37.7. The molecular formula is C21H23ClN2O5S. The summed E-state index contributed by atoms with van der Waals surface area (Å²) in [6, 6.07) is 12.3. The highest BCUT2D eigenvalue weighted by atomic mass is 35.5. The quantitative estimate of drug-likeness (QED) is 0.731. The lowest BCUT2D eigenvalue weighted by atomic mass is 9.98. The third-order valence-corrected chi connectivity index (χ3v) is 7.38. The fourth-order valence-electron chi connectivity index (χ4n) is 3.68. The van der Waals surface area contributed by atoms with Crippen molar-refractivity contribution in [2.24, 2.45) is 5.92 Å². The van der Waals surface area contributed by atoms with Gasteiger partial charge in [0.25, 0.3) is 0 Å². The highest BCUT2D eigenvalue weighted by Crippen LogP contribution is 2.32. The molecule has 2 aromatic rings. The monoisotopic (exact) mass is 450 g/mol. The van der Waals surface area contributed by atoms with Crippen LogP contribution in [0.3, 0.4) is 0 Å². The molecule has 2 heterocycles. The van der Waals surface area contributed by atoms with E-state index in [9.17, 15) is 13.2 Å². The Morgan fingerprint density at radius 3 is 2.63 bits per heavy atom.